The van der Waals surface area contributed by atoms with E-state index >= 15 is 0 Å². The SMILES string of the molecule is O=C(c1cccc(Cc2n[nH]c(=O)c3ccccc23)c1)N1CCN(c2ccc3n[nH]nc3n2)CC1. The number of hydrogen-bond donors (Lipinski definition) is 2. The first-order valence-electron chi connectivity index (χ1n) is 11.4. The van der Waals surface area contributed by atoms with E-state index in [-0.39, 0.29) is 11.5 Å². The normalized spacial score (nSPS) is 14.1. The van der Waals surface area contributed by atoms with Gasteiger partial charge in [-0.1, -0.05) is 30.3 Å². The number of nitrogens with one attached hydrogen (secondary N) is 2. The number of carbonyl (C=O) groups excluding carboxylic acids is 1. The Morgan fingerprint density at radius 3 is 2.57 bits per heavy atom. The van der Waals surface area contributed by atoms with Gasteiger partial charge in [-0.05, 0) is 35.9 Å². The second-order valence-corrected chi connectivity index (χ2v) is 8.54. The quantitative estimate of drug-likeness (QED) is 0.416. The maximum Gasteiger partial charge on any atom is 0.272 e. The van der Waals surface area contributed by atoms with Gasteiger partial charge in [0.2, 0.25) is 5.65 Å². The number of anilines is 1. The molecule has 1 saturated heterocycles. The van der Waals surface area contributed by atoms with Gasteiger partial charge in [-0.25, -0.2) is 10.1 Å². The Morgan fingerprint density at radius 2 is 1.71 bits per heavy atom. The van der Waals surface area contributed by atoms with E-state index in [0.29, 0.717) is 49.2 Å². The fraction of sp³-hybridized carbons (Fsp3) is 0.200. The number of carbonyl (C=O) groups is 1. The number of aromatic amines is 2. The number of benzene rings is 2. The minimum Gasteiger partial charge on any atom is -0.353 e. The molecule has 0 saturated carbocycles. The summed E-state index contributed by atoms with van der Waals surface area (Å²) < 4.78 is 0. The molecule has 0 spiro atoms. The van der Waals surface area contributed by atoms with Gasteiger partial charge in [0.05, 0.1) is 11.1 Å². The van der Waals surface area contributed by atoms with Crippen molar-refractivity contribution >= 4 is 33.7 Å². The third-order valence-electron chi connectivity index (χ3n) is 6.38. The molecule has 0 atom stereocenters. The molecule has 1 fully saturated rings. The summed E-state index contributed by atoms with van der Waals surface area (Å²) in [5, 5.41) is 19.0. The van der Waals surface area contributed by atoms with Crippen LogP contribution in [0.1, 0.15) is 21.6 Å². The van der Waals surface area contributed by atoms with Crippen molar-refractivity contribution in [1.29, 1.82) is 0 Å². The van der Waals surface area contributed by atoms with Gasteiger partial charge in [0.15, 0.2) is 0 Å². The van der Waals surface area contributed by atoms with Crippen molar-refractivity contribution in [3.05, 3.63) is 87.8 Å². The molecule has 0 unspecified atom stereocenters. The van der Waals surface area contributed by atoms with Crippen LogP contribution in [0.5, 0.6) is 0 Å². The van der Waals surface area contributed by atoms with Crippen LogP contribution in [-0.2, 0) is 6.42 Å². The van der Waals surface area contributed by atoms with Gasteiger partial charge in [0, 0.05) is 43.5 Å². The highest BCUT2D eigenvalue weighted by atomic mass is 16.2. The topological polar surface area (TPSA) is 124 Å². The van der Waals surface area contributed by atoms with Gasteiger partial charge in [-0.2, -0.15) is 15.4 Å². The van der Waals surface area contributed by atoms with Gasteiger partial charge < -0.3 is 9.80 Å². The van der Waals surface area contributed by atoms with E-state index in [1.807, 2.05) is 59.5 Å². The molecule has 1 aliphatic heterocycles. The highest BCUT2D eigenvalue weighted by molar-refractivity contribution is 5.94. The number of aromatic nitrogens is 6. The predicted octanol–water partition coefficient (Wildman–Crippen LogP) is 2.14. The lowest BCUT2D eigenvalue weighted by atomic mass is 10.0. The highest BCUT2D eigenvalue weighted by Crippen LogP contribution is 2.20. The fourth-order valence-corrected chi connectivity index (χ4v) is 4.54. The van der Waals surface area contributed by atoms with Crippen LogP contribution >= 0.6 is 0 Å². The summed E-state index contributed by atoms with van der Waals surface area (Å²) in [6.07, 6.45) is 0.516. The second kappa shape index (κ2) is 8.64. The Balaban J connectivity index is 1.16. The maximum atomic E-state index is 13.3. The Labute approximate surface area is 199 Å². The molecule has 174 valence electrons. The molecule has 5 aromatic rings. The van der Waals surface area contributed by atoms with E-state index in [4.69, 9.17) is 0 Å². The predicted molar refractivity (Wildman–Crippen MR) is 131 cm³/mol. The van der Waals surface area contributed by atoms with Gasteiger partial charge in [0.25, 0.3) is 11.5 Å². The number of rotatable bonds is 4. The molecule has 2 aromatic carbocycles. The van der Waals surface area contributed by atoms with Crippen molar-refractivity contribution in [3.8, 4) is 0 Å². The van der Waals surface area contributed by atoms with Crippen molar-refractivity contribution in [3.63, 3.8) is 0 Å². The fourth-order valence-electron chi connectivity index (χ4n) is 4.54. The van der Waals surface area contributed by atoms with Crippen LogP contribution in [-0.4, -0.2) is 67.6 Å². The van der Waals surface area contributed by atoms with Crippen LogP contribution in [0.25, 0.3) is 21.9 Å². The van der Waals surface area contributed by atoms with Gasteiger partial charge in [-0.3, -0.25) is 9.59 Å². The molecular weight excluding hydrogens is 444 g/mol. The van der Waals surface area contributed by atoms with E-state index in [1.165, 1.54) is 0 Å². The van der Waals surface area contributed by atoms with Gasteiger partial charge in [-0.15, -0.1) is 5.10 Å². The molecule has 1 amide bonds. The average molecular weight is 467 g/mol. The van der Waals surface area contributed by atoms with Crippen LogP contribution in [0.15, 0.2) is 65.5 Å². The smallest absolute Gasteiger partial charge is 0.272 e. The van der Waals surface area contributed by atoms with Gasteiger partial charge in [0.1, 0.15) is 11.3 Å². The zero-order valence-electron chi connectivity index (χ0n) is 18.8. The van der Waals surface area contributed by atoms with Crippen LogP contribution < -0.4 is 10.5 Å². The summed E-state index contributed by atoms with van der Waals surface area (Å²) in [5.74, 6) is 0.840. The molecule has 2 N–H and O–H groups in total. The largest absolute Gasteiger partial charge is 0.353 e. The van der Waals surface area contributed by atoms with E-state index in [0.717, 1.165) is 28.0 Å². The van der Waals surface area contributed by atoms with Crippen LogP contribution in [0.4, 0.5) is 5.82 Å². The first-order chi connectivity index (χ1) is 17.2. The first kappa shape index (κ1) is 21.0. The number of fused-ring (bicyclic) bond motifs is 2. The minimum atomic E-state index is -0.205. The van der Waals surface area contributed by atoms with E-state index in [1.54, 1.807) is 6.07 Å². The molecule has 0 radical (unpaired) electrons. The van der Waals surface area contributed by atoms with Crippen LogP contribution in [0.3, 0.4) is 0 Å². The van der Waals surface area contributed by atoms with Crippen molar-refractivity contribution in [1.82, 2.24) is 35.5 Å². The lowest BCUT2D eigenvalue weighted by Gasteiger charge is -2.35. The minimum absolute atomic E-state index is 0.00528. The zero-order valence-corrected chi connectivity index (χ0v) is 18.8. The molecule has 4 heterocycles. The third-order valence-corrected chi connectivity index (χ3v) is 6.38. The first-order valence-corrected chi connectivity index (χ1v) is 11.4. The molecule has 3 aromatic heterocycles. The number of pyridine rings is 1. The third kappa shape index (κ3) is 3.99. The lowest BCUT2D eigenvalue weighted by molar-refractivity contribution is 0.0746. The molecular formula is C25H22N8O2. The lowest BCUT2D eigenvalue weighted by Crippen LogP contribution is -2.49. The zero-order chi connectivity index (χ0) is 23.8. The molecule has 6 rings (SSSR count). The number of hydrogen-bond acceptors (Lipinski definition) is 7. The van der Waals surface area contributed by atoms with Gasteiger partial charge >= 0.3 is 0 Å². The summed E-state index contributed by atoms with van der Waals surface area (Å²) in [7, 11) is 0. The van der Waals surface area contributed by atoms with E-state index in [9.17, 15) is 9.59 Å². The molecule has 10 nitrogen and oxygen atoms in total. The molecule has 35 heavy (non-hydrogen) atoms. The number of amides is 1. The number of H-pyrrole nitrogens is 2. The Morgan fingerprint density at radius 1 is 0.886 bits per heavy atom. The second-order valence-electron chi connectivity index (χ2n) is 8.54. The van der Waals surface area contributed by atoms with E-state index < -0.39 is 0 Å². The Kier molecular flexibility index (Phi) is 5.17. The summed E-state index contributed by atoms with van der Waals surface area (Å²) in [6.45, 7) is 2.59. The van der Waals surface area contributed by atoms with Crippen molar-refractivity contribution < 1.29 is 4.79 Å². The Hall–Kier alpha value is -4.60. The maximum absolute atomic E-state index is 13.3. The van der Waals surface area contributed by atoms with Crippen molar-refractivity contribution in [2.24, 2.45) is 0 Å². The average Bonchev–Trinajstić information content (AvgIpc) is 3.38. The van der Waals surface area contributed by atoms with Crippen molar-refractivity contribution in [2.75, 3.05) is 31.1 Å². The highest BCUT2D eigenvalue weighted by Gasteiger charge is 2.23. The monoisotopic (exact) mass is 466 g/mol. The summed E-state index contributed by atoms with van der Waals surface area (Å²) in [5.41, 5.74) is 3.49. The molecule has 1 aliphatic rings. The number of piperazine rings is 1. The van der Waals surface area contributed by atoms with Crippen molar-refractivity contribution in [2.45, 2.75) is 6.42 Å². The number of nitrogens with zero attached hydrogens (tertiary/aromatic N) is 6. The van der Waals surface area contributed by atoms with E-state index in [2.05, 4.69) is 35.5 Å². The molecule has 10 heteroatoms. The standard InChI is InChI=1S/C25H22N8O2/c34-24-19-7-2-1-6-18(19)21(27-30-24)15-16-4-3-5-17(14-16)25(35)33-12-10-32(11-13-33)22-9-8-20-23(26-22)29-31-28-20/h1-9,14H,10-13,15H2,(H,30,34)(H,26,28,29,31). The van der Waals surface area contributed by atoms with Crippen LogP contribution in [0, 0.1) is 0 Å². The summed E-state index contributed by atoms with van der Waals surface area (Å²) >= 11 is 0. The summed E-state index contributed by atoms with van der Waals surface area (Å²) in [4.78, 5) is 33.9. The molecule has 0 aliphatic carbocycles. The van der Waals surface area contributed by atoms with Crippen LogP contribution in [0.2, 0.25) is 0 Å². The summed E-state index contributed by atoms with van der Waals surface area (Å²) in [6, 6.07) is 18.9. The molecule has 0 bridgehead atoms. The Bertz CT molecular complexity index is 1600.